The number of halogens is 1. The van der Waals surface area contributed by atoms with Crippen LogP contribution in [0.2, 0.25) is 0 Å². The normalized spacial score (nSPS) is 10.2. The maximum absolute atomic E-state index is 12.7. The van der Waals surface area contributed by atoms with E-state index in [1.807, 2.05) is 42.9 Å². The molecule has 3 N–H and O–H groups in total. The molecule has 0 aliphatic carbocycles. The van der Waals surface area contributed by atoms with Crippen LogP contribution >= 0.6 is 12.4 Å². The van der Waals surface area contributed by atoms with E-state index in [0.717, 1.165) is 17.6 Å². The average molecular weight is 442 g/mol. The van der Waals surface area contributed by atoms with Gasteiger partial charge < -0.3 is 14.8 Å². The lowest BCUT2D eigenvalue weighted by Crippen LogP contribution is -2.28. The van der Waals surface area contributed by atoms with E-state index in [0.29, 0.717) is 23.5 Å². The van der Waals surface area contributed by atoms with Gasteiger partial charge in [0.25, 0.3) is 11.8 Å². The summed E-state index contributed by atoms with van der Waals surface area (Å²) in [6.45, 7) is 1.59. The molecule has 0 fully saturated rings. The number of hydroxylamine groups is 1. The Hall–Kier alpha value is -3.38. The number of rotatable bonds is 6. The van der Waals surface area contributed by atoms with Gasteiger partial charge in [-0.05, 0) is 50.5 Å². The third-order valence-corrected chi connectivity index (χ3v) is 4.45. The Morgan fingerprint density at radius 2 is 1.81 bits per heavy atom. The predicted octanol–water partition coefficient (Wildman–Crippen LogP) is 1.92. The molecule has 0 unspecified atom stereocenters. The van der Waals surface area contributed by atoms with Crippen LogP contribution < -0.4 is 10.8 Å². The van der Waals surface area contributed by atoms with Gasteiger partial charge in [0.2, 0.25) is 0 Å². The maximum Gasteiger partial charge on any atom is 0.288 e. The number of benzene rings is 2. The number of nitrogens with one attached hydrogen (secondary N) is 2. The zero-order valence-corrected chi connectivity index (χ0v) is 18.1. The first-order chi connectivity index (χ1) is 14.5. The fraction of sp³-hybridized carbons (Fsp3) is 0.227. The molecular formula is C22H24ClN5O3. The molecule has 0 saturated heterocycles. The van der Waals surface area contributed by atoms with E-state index in [2.05, 4.69) is 27.0 Å². The van der Waals surface area contributed by atoms with Gasteiger partial charge in [0, 0.05) is 24.2 Å². The van der Waals surface area contributed by atoms with E-state index in [1.165, 1.54) is 0 Å². The van der Waals surface area contributed by atoms with E-state index < -0.39 is 5.91 Å². The van der Waals surface area contributed by atoms with Gasteiger partial charge in [0.05, 0.1) is 17.6 Å². The van der Waals surface area contributed by atoms with Gasteiger partial charge >= 0.3 is 0 Å². The van der Waals surface area contributed by atoms with Crippen LogP contribution in [-0.4, -0.2) is 58.7 Å². The van der Waals surface area contributed by atoms with Crippen molar-refractivity contribution in [2.75, 3.05) is 27.2 Å². The second-order valence-corrected chi connectivity index (χ2v) is 6.88. The Kier molecular flexibility index (Phi) is 8.58. The van der Waals surface area contributed by atoms with Gasteiger partial charge in [-0.15, -0.1) is 12.4 Å². The van der Waals surface area contributed by atoms with Crippen molar-refractivity contribution in [3.05, 3.63) is 65.5 Å². The van der Waals surface area contributed by atoms with Crippen molar-refractivity contribution in [3.8, 4) is 11.8 Å². The first-order valence-electron chi connectivity index (χ1n) is 9.41. The molecule has 0 aliphatic rings. The lowest BCUT2D eigenvalue weighted by atomic mass is 10.1. The van der Waals surface area contributed by atoms with Gasteiger partial charge in [0.1, 0.15) is 0 Å². The Balaban J connectivity index is 0.00000341. The number of likely N-dealkylation sites (N-methyl/N-ethyl adjacent to an activating group) is 1. The third-order valence-electron chi connectivity index (χ3n) is 4.45. The second-order valence-electron chi connectivity index (χ2n) is 6.88. The lowest BCUT2D eigenvalue weighted by Gasteiger charge is -2.13. The largest absolute Gasteiger partial charge is 0.338 e. The van der Waals surface area contributed by atoms with Gasteiger partial charge in [-0.3, -0.25) is 14.8 Å². The number of hydrogen-bond donors (Lipinski definition) is 3. The van der Waals surface area contributed by atoms with Crippen LogP contribution in [0.5, 0.6) is 0 Å². The molecule has 31 heavy (non-hydrogen) atoms. The Bertz CT molecular complexity index is 1110. The molecule has 162 valence electrons. The van der Waals surface area contributed by atoms with Crippen molar-refractivity contribution in [2.24, 2.45) is 0 Å². The molecule has 2 aromatic carbocycles. The summed E-state index contributed by atoms with van der Waals surface area (Å²) >= 11 is 0. The molecule has 1 aromatic heterocycles. The number of aromatic nitrogens is 2. The summed E-state index contributed by atoms with van der Waals surface area (Å²) in [5, 5.41) is 11.4. The Morgan fingerprint density at radius 3 is 2.48 bits per heavy atom. The number of fused-ring (bicyclic) bond motifs is 1. The number of hydrogen-bond acceptors (Lipinski definition) is 5. The quantitative estimate of drug-likeness (QED) is 0.308. The first-order valence-corrected chi connectivity index (χ1v) is 9.41. The molecule has 9 heteroatoms. The zero-order valence-electron chi connectivity index (χ0n) is 17.3. The van der Waals surface area contributed by atoms with Crippen LogP contribution in [0.4, 0.5) is 0 Å². The number of carbonyl (C=O) groups is 2. The molecular weight excluding hydrogens is 418 g/mol. The maximum atomic E-state index is 12.7. The fourth-order valence-corrected chi connectivity index (χ4v) is 2.89. The van der Waals surface area contributed by atoms with Crippen molar-refractivity contribution in [1.29, 1.82) is 0 Å². The van der Waals surface area contributed by atoms with Crippen molar-refractivity contribution >= 4 is 35.3 Å². The average Bonchev–Trinajstić information content (AvgIpc) is 3.13. The molecule has 0 spiro atoms. The number of para-hydroxylation sites is 2. The van der Waals surface area contributed by atoms with Gasteiger partial charge in [0.15, 0.2) is 5.82 Å². The highest BCUT2D eigenvalue weighted by atomic mass is 35.5. The molecule has 0 bridgehead atoms. The summed E-state index contributed by atoms with van der Waals surface area (Å²) in [6.07, 6.45) is 0. The van der Waals surface area contributed by atoms with Crippen LogP contribution in [0, 0.1) is 11.8 Å². The van der Waals surface area contributed by atoms with Crippen molar-refractivity contribution in [3.63, 3.8) is 0 Å². The van der Waals surface area contributed by atoms with Crippen LogP contribution in [0.1, 0.15) is 26.5 Å². The third kappa shape index (κ3) is 6.06. The minimum Gasteiger partial charge on any atom is -0.338 e. The predicted molar refractivity (Wildman–Crippen MR) is 120 cm³/mol. The van der Waals surface area contributed by atoms with Crippen molar-refractivity contribution in [2.45, 2.75) is 6.54 Å². The summed E-state index contributed by atoms with van der Waals surface area (Å²) < 4.78 is 1.92. The second kappa shape index (κ2) is 11.1. The van der Waals surface area contributed by atoms with Crippen LogP contribution in [0.3, 0.4) is 0 Å². The summed E-state index contributed by atoms with van der Waals surface area (Å²) in [5.41, 5.74) is 4.29. The van der Waals surface area contributed by atoms with Gasteiger partial charge in [-0.25, -0.2) is 10.5 Å². The summed E-state index contributed by atoms with van der Waals surface area (Å²) in [6, 6.07) is 14.1. The monoisotopic (exact) mass is 441 g/mol. The molecule has 1 heterocycles. The van der Waals surface area contributed by atoms with E-state index in [-0.39, 0.29) is 24.9 Å². The minimum absolute atomic E-state index is 0. The SMILES string of the molecule is CN(C)CCn1c(C(=O)NCC#Cc2ccc(C(=O)NO)cc2)nc2ccccc21.Cl. The molecule has 0 radical (unpaired) electrons. The number of amides is 2. The molecule has 0 atom stereocenters. The number of carbonyl (C=O) groups excluding carboxylic acids is 2. The Labute approximate surface area is 186 Å². The standard InChI is InChI=1S/C22H23N5O3.ClH/c1-26(2)14-15-27-19-8-4-3-7-18(19)24-20(27)22(29)23-13-5-6-16-9-11-17(12-10-16)21(28)25-30;/h3-4,7-12,30H,13-15H2,1-2H3,(H,23,29)(H,25,28);1H. The van der Waals surface area contributed by atoms with E-state index in [1.54, 1.807) is 29.7 Å². The van der Waals surface area contributed by atoms with Crippen LogP contribution in [0.25, 0.3) is 11.0 Å². The highest BCUT2D eigenvalue weighted by molar-refractivity contribution is 5.95. The molecule has 8 nitrogen and oxygen atoms in total. The summed E-state index contributed by atoms with van der Waals surface area (Å²) in [7, 11) is 3.97. The van der Waals surface area contributed by atoms with Gasteiger partial charge in [-0.2, -0.15) is 0 Å². The molecule has 2 amide bonds. The lowest BCUT2D eigenvalue weighted by molar-refractivity contribution is 0.0706. The topological polar surface area (TPSA) is 99.5 Å². The molecule has 3 rings (SSSR count). The first kappa shape index (κ1) is 23.9. The smallest absolute Gasteiger partial charge is 0.288 e. The summed E-state index contributed by atoms with van der Waals surface area (Å²) in [4.78, 5) is 30.6. The van der Waals surface area contributed by atoms with Crippen molar-refractivity contribution < 1.29 is 14.8 Å². The van der Waals surface area contributed by atoms with E-state index >= 15 is 0 Å². The highest BCUT2D eigenvalue weighted by Gasteiger charge is 2.16. The molecule has 3 aromatic rings. The van der Waals surface area contributed by atoms with Crippen molar-refractivity contribution in [1.82, 2.24) is 25.2 Å². The zero-order chi connectivity index (χ0) is 21.5. The summed E-state index contributed by atoms with van der Waals surface area (Å²) in [5.74, 6) is 5.31. The highest BCUT2D eigenvalue weighted by Crippen LogP contribution is 2.16. The van der Waals surface area contributed by atoms with Crippen LogP contribution in [-0.2, 0) is 6.54 Å². The van der Waals surface area contributed by atoms with E-state index in [9.17, 15) is 9.59 Å². The number of imidazole rings is 1. The number of nitrogens with zero attached hydrogens (tertiary/aromatic N) is 3. The fourth-order valence-electron chi connectivity index (χ4n) is 2.89. The molecule has 0 saturated carbocycles. The Morgan fingerprint density at radius 1 is 1.10 bits per heavy atom. The van der Waals surface area contributed by atoms with Crippen LogP contribution in [0.15, 0.2) is 48.5 Å². The van der Waals surface area contributed by atoms with Gasteiger partial charge in [-0.1, -0.05) is 24.0 Å². The van der Waals surface area contributed by atoms with E-state index in [4.69, 9.17) is 5.21 Å². The molecule has 0 aliphatic heterocycles. The minimum atomic E-state index is -0.584.